The van der Waals surface area contributed by atoms with Crippen molar-refractivity contribution >= 4 is 35.4 Å². The summed E-state index contributed by atoms with van der Waals surface area (Å²) in [7, 11) is -16.6. The van der Waals surface area contributed by atoms with E-state index in [0.29, 0.717) is 18.5 Å². The monoisotopic (exact) mass is 564 g/mol. The fourth-order valence-corrected chi connectivity index (χ4v) is 6.04. The molecular formula is C15H27N4O13P3. The highest BCUT2D eigenvalue weighted by Crippen LogP contribution is 2.66. The van der Waals surface area contributed by atoms with Gasteiger partial charge in [-0.25, -0.2) is 18.5 Å². The fourth-order valence-electron chi connectivity index (χ4n) is 2.99. The second-order valence-corrected chi connectivity index (χ2v) is 11.7. The first-order valence-electron chi connectivity index (χ1n) is 9.99. The van der Waals surface area contributed by atoms with Gasteiger partial charge in [0.15, 0.2) is 6.23 Å². The van der Waals surface area contributed by atoms with Gasteiger partial charge in [-0.15, -0.1) is 0 Å². The number of unbranched alkanes of at least 4 members (excludes halogenated alkanes) is 2. The van der Waals surface area contributed by atoms with Crippen LogP contribution in [0.4, 0.5) is 5.82 Å². The highest BCUT2D eigenvalue weighted by atomic mass is 31.3. The molecule has 2 rings (SSSR count). The molecule has 1 aliphatic heterocycles. The van der Waals surface area contributed by atoms with Gasteiger partial charge in [0.05, 0.1) is 12.7 Å². The van der Waals surface area contributed by atoms with E-state index < -0.39 is 54.2 Å². The van der Waals surface area contributed by atoms with Gasteiger partial charge in [0.2, 0.25) is 0 Å². The van der Waals surface area contributed by atoms with Crippen LogP contribution in [0.5, 0.6) is 0 Å². The Morgan fingerprint density at radius 2 is 1.86 bits per heavy atom. The van der Waals surface area contributed by atoms with Crippen LogP contribution < -0.4 is 17.2 Å². The zero-order valence-electron chi connectivity index (χ0n) is 18.1. The summed E-state index contributed by atoms with van der Waals surface area (Å²) in [6, 6.07) is 0. The number of nitrogens with two attached hydrogens (primary N) is 2. The van der Waals surface area contributed by atoms with Crippen molar-refractivity contribution < 1.29 is 56.3 Å². The van der Waals surface area contributed by atoms with Crippen molar-refractivity contribution in [1.82, 2.24) is 9.55 Å². The number of phosphoric acid groups is 3. The van der Waals surface area contributed by atoms with Crippen LogP contribution in [0.1, 0.15) is 37.5 Å². The van der Waals surface area contributed by atoms with Crippen LogP contribution in [-0.4, -0.2) is 59.6 Å². The highest BCUT2D eigenvalue weighted by Gasteiger charge is 2.42. The largest absolute Gasteiger partial charge is 0.490 e. The van der Waals surface area contributed by atoms with E-state index in [1.54, 1.807) is 6.08 Å². The molecule has 0 saturated carbocycles. The predicted molar refractivity (Wildman–Crippen MR) is 119 cm³/mol. The van der Waals surface area contributed by atoms with Crippen LogP contribution >= 0.6 is 23.5 Å². The third-order valence-corrected chi connectivity index (χ3v) is 8.21. The van der Waals surface area contributed by atoms with E-state index in [0.717, 1.165) is 17.4 Å². The van der Waals surface area contributed by atoms with Crippen LogP contribution in [0.3, 0.4) is 0 Å². The number of allylic oxidation sites excluding steroid dienone is 1. The summed E-state index contributed by atoms with van der Waals surface area (Å²) in [5.74, 6) is -0.0435. The molecule has 0 aromatic carbocycles. The third-order valence-electron chi connectivity index (χ3n) is 4.41. The second-order valence-electron chi connectivity index (χ2n) is 7.30. The smallest absolute Gasteiger partial charge is 0.388 e. The molecule has 0 spiro atoms. The molecular weight excluding hydrogens is 537 g/mol. The molecule has 1 fully saturated rings. The van der Waals surface area contributed by atoms with Crippen molar-refractivity contribution in [2.75, 3.05) is 18.9 Å². The van der Waals surface area contributed by atoms with Crippen LogP contribution in [0.2, 0.25) is 0 Å². The Balaban J connectivity index is 2.05. The van der Waals surface area contributed by atoms with Gasteiger partial charge in [-0.05, 0) is 25.8 Å². The number of nitrogens with zero attached hydrogens (tertiary/aromatic N) is 2. The number of phosphoric ester groups is 1. The van der Waals surface area contributed by atoms with E-state index in [4.69, 9.17) is 30.9 Å². The van der Waals surface area contributed by atoms with Crippen LogP contribution in [0.15, 0.2) is 17.1 Å². The Labute approximate surface area is 198 Å². The van der Waals surface area contributed by atoms with Crippen molar-refractivity contribution in [3.8, 4) is 0 Å². The normalized spacial score (nSPS) is 24.5. The first-order chi connectivity index (χ1) is 16.1. The Morgan fingerprint density at radius 1 is 1.17 bits per heavy atom. The molecule has 2 heterocycles. The van der Waals surface area contributed by atoms with Gasteiger partial charge < -0.3 is 40.9 Å². The first kappa shape index (κ1) is 29.9. The molecule has 0 amide bonds. The minimum Gasteiger partial charge on any atom is -0.388 e. The van der Waals surface area contributed by atoms with E-state index in [2.05, 4.69) is 18.1 Å². The number of rotatable bonds is 13. The van der Waals surface area contributed by atoms with E-state index in [9.17, 15) is 28.5 Å². The molecule has 2 unspecified atom stereocenters. The molecule has 1 saturated heterocycles. The molecule has 200 valence electrons. The minimum atomic E-state index is -5.67. The molecule has 1 aromatic heterocycles. The Bertz CT molecular complexity index is 1110. The lowest BCUT2D eigenvalue weighted by Crippen LogP contribution is -2.32. The maximum atomic E-state index is 12.3. The quantitative estimate of drug-likeness (QED) is 0.122. The number of aliphatic hydroxyl groups is 1. The number of hydrogen-bond acceptors (Lipinski definition) is 12. The summed E-state index contributed by atoms with van der Waals surface area (Å²) in [5.41, 5.74) is 10.8. The van der Waals surface area contributed by atoms with Crippen LogP contribution in [0.25, 0.3) is 6.08 Å². The Hall–Kier alpha value is -1.29. The summed E-state index contributed by atoms with van der Waals surface area (Å²) in [4.78, 5) is 51.8. The number of anilines is 1. The highest BCUT2D eigenvalue weighted by molar-refractivity contribution is 7.66. The van der Waals surface area contributed by atoms with Crippen molar-refractivity contribution in [2.24, 2.45) is 5.73 Å². The van der Waals surface area contributed by atoms with Gasteiger partial charge in [0.1, 0.15) is 11.9 Å². The van der Waals surface area contributed by atoms with E-state index >= 15 is 0 Å². The molecule has 0 radical (unpaired) electrons. The molecule has 0 bridgehead atoms. The topological polar surface area (TPSA) is 276 Å². The lowest BCUT2D eigenvalue weighted by atomic mass is 10.2. The summed E-state index contributed by atoms with van der Waals surface area (Å²) < 4.78 is 52.1. The van der Waals surface area contributed by atoms with E-state index in [1.165, 1.54) is 6.20 Å². The maximum Gasteiger partial charge on any atom is 0.490 e. The fraction of sp³-hybridized carbons (Fsp3) is 0.600. The summed E-state index contributed by atoms with van der Waals surface area (Å²) in [6.45, 7) is -0.217. The molecule has 17 nitrogen and oxygen atoms in total. The molecule has 0 aliphatic carbocycles. The number of aliphatic hydroxyl groups excluding tert-OH is 1. The van der Waals surface area contributed by atoms with E-state index in [-0.39, 0.29) is 12.2 Å². The zero-order valence-corrected chi connectivity index (χ0v) is 20.8. The minimum absolute atomic E-state index is 0.0435. The van der Waals surface area contributed by atoms with Crippen LogP contribution in [-0.2, 0) is 31.6 Å². The van der Waals surface area contributed by atoms with Gasteiger partial charge in [-0.2, -0.15) is 13.6 Å². The van der Waals surface area contributed by atoms with Gasteiger partial charge in [-0.3, -0.25) is 9.09 Å². The number of ether oxygens (including phenoxy) is 1. The summed E-state index contributed by atoms with van der Waals surface area (Å²) in [6.07, 6.45) is 3.33. The average molecular weight is 564 g/mol. The first-order valence-corrected chi connectivity index (χ1v) is 14.5. The predicted octanol–water partition coefficient (Wildman–Crippen LogP) is -0.0406. The Morgan fingerprint density at radius 3 is 2.49 bits per heavy atom. The van der Waals surface area contributed by atoms with Crippen molar-refractivity contribution in [3.05, 3.63) is 28.3 Å². The standard InChI is InChI=1S/C15H27N4O13P3/c16-6-4-2-1-3-5-10-8-19(15(21)18-13(10)17)14-12(20)7-11(30-14)9-29-34(25,26)32-35(27,28)31-33(22,23)24/h3,5,8,11-12,14,20H,1-2,4,6-7,9,16H2,(H,25,26)(H,27,28)(H2,17,18,21)(H2,22,23,24)/b5-3+/t11-,12+,14+/m0/s1. The van der Waals surface area contributed by atoms with Crippen molar-refractivity contribution in [1.29, 1.82) is 0 Å². The average Bonchev–Trinajstić information content (AvgIpc) is 3.05. The van der Waals surface area contributed by atoms with Gasteiger partial charge >= 0.3 is 29.2 Å². The second kappa shape index (κ2) is 12.3. The molecule has 5 atom stereocenters. The Kier molecular flexibility index (Phi) is 10.5. The zero-order chi connectivity index (χ0) is 26.4. The lowest BCUT2D eigenvalue weighted by molar-refractivity contribution is -0.0523. The van der Waals surface area contributed by atoms with E-state index in [1.807, 2.05) is 6.08 Å². The molecule has 1 aromatic rings. The molecule has 20 heteroatoms. The van der Waals surface area contributed by atoms with Crippen molar-refractivity contribution in [2.45, 2.75) is 44.1 Å². The SMILES string of the molecule is NCCCC/C=C/c1cn([C@@H]2O[C@H](COP(=O)(O)OP(=O)(O)OP(=O)(O)O)C[C@H]2O)c(=O)nc1N. The molecule has 35 heavy (non-hydrogen) atoms. The summed E-state index contributed by atoms with van der Waals surface area (Å²) >= 11 is 0. The molecule has 9 N–H and O–H groups in total. The van der Waals surface area contributed by atoms with Gasteiger partial charge in [0.25, 0.3) is 0 Å². The van der Waals surface area contributed by atoms with Crippen LogP contribution in [0, 0.1) is 0 Å². The number of aromatic nitrogens is 2. The summed E-state index contributed by atoms with van der Waals surface area (Å²) in [5, 5.41) is 10.3. The third kappa shape index (κ3) is 9.94. The van der Waals surface area contributed by atoms with Gasteiger partial charge in [0, 0.05) is 18.2 Å². The number of nitrogen functional groups attached to an aromatic ring is 1. The molecule has 1 aliphatic rings. The number of hydrogen-bond donors (Lipinski definition) is 7. The van der Waals surface area contributed by atoms with Crippen molar-refractivity contribution in [3.63, 3.8) is 0 Å². The maximum absolute atomic E-state index is 12.3. The van der Waals surface area contributed by atoms with Gasteiger partial charge in [-0.1, -0.05) is 12.2 Å². The lowest BCUT2D eigenvalue weighted by Gasteiger charge is -2.19.